The fraction of sp³-hybridized carbons (Fsp3) is 0.900. The molecule has 174 valence electrons. The van der Waals surface area contributed by atoms with Crippen LogP contribution in [0, 0.1) is 57.2 Å². The molecule has 1 unspecified atom stereocenters. The Kier molecular flexibility index (Phi) is 4.99. The Morgan fingerprint density at radius 3 is 2.45 bits per heavy atom. The van der Waals surface area contributed by atoms with Crippen LogP contribution < -0.4 is 0 Å². The molecule has 0 aromatic rings. The topological polar surface area (TPSA) is 17.1 Å². The molecule has 0 radical (unpaired) electrons. The maximum Gasteiger partial charge on any atom is 0.136 e. The van der Waals surface area contributed by atoms with Crippen molar-refractivity contribution < 1.29 is 4.79 Å². The number of hydrogen-bond donors (Lipinski definition) is 0. The van der Waals surface area contributed by atoms with Gasteiger partial charge in [-0.3, -0.25) is 4.79 Å². The Morgan fingerprint density at radius 1 is 1.00 bits per heavy atom. The van der Waals surface area contributed by atoms with Gasteiger partial charge in [-0.05, 0) is 115 Å². The molecule has 0 amide bonds. The zero-order valence-electron chi connectivity index (χ0n) is 21.4. The Hall–Kier alpha value is -0.590. The molecule has 5 rings (SSSR count). The summed E-state index contributed by atoms with van der Waals surface area (Å²) < 4.78 is 0. The molecule has 5 saturated carbocycles. The highest BCUT2D eigenvalue weighted by molar-refractivity contribution is 5.82. The quantitative estimate of drug-likeness (QED) is 0.406. The average Bonchev–Trinajstić information content (AvgIpc) is 3.31. The van der Waals surface area contributed by atoms with Crippen LogP contribution in [0.3, 0.4) is 0 Å². The van der Waals surface area contributed by atoms with Crippen molar-refractivity contribution >= 4 is 5.78 Å². The van der Waals surface area contributed by atoms with E-state index in [2.05, 4.69) is 48.1 Å². The summed E-state index contributed by atoms with van der Waals surface area (Å²) in [6.45, 7) is 19.2. The van der Waals surface area contributed by atoms with Gasteiger partial charge in [0, 0.05) is 12.3 Å². The van der Waals surface area contributed by atoms with E-state index in [1.165, 1.54) is 69.8 Å². The molecule has 5 aliphatic carbocycles. The second-order valence-electron chi connectivity index (χ2n) is 13.8. The van der Waals surface area contributed by atoms with Gasteiger partial charge in [-0.1, -0.05) is 53.7 Å². The first-order valence-electron chi connectivity index (χ1n) is 13.7. The van der Waals surface area contributed by atoms with Crippen molar-refractivity contribution in [1.29, 1.82) is 0 Å². The van der Waals surface area contributed by atoms with Crippen LogP contribution in [0.25, 0.3) is 0 Å². The second-order valence-corrected chi connectivity index (χ2v) is 13.8. The zero-order valence-corrected chi connectivity index (χ0v) is 21.4. The number of carbonyl (C=O) groups excluding carboxylic acids is 1. The number of hydrogen-bond acceptors (Lipinski definition) is 1. The van der Waals surface area contributed by atoms with Gasteiger partial charge in [0.15, 0.2) is 0 Å². The van der Waals surface area contributed by atoms with E-state index in [0.29, 0.717) is 45.2 Å². The van der Waals surface area contributed by atoms with Gasteiger partial charge in [0.1, 0.15) is 5.78 Å². The maximum absolute atomic E-state index is 12.5. The number of rotatable bonds is 5. The van der Waals surface area contributed by atoms with E-state index in [1.807, 2.05) is 0 Å². The Bertz CT molecular complexity index is 779. The van der Waals surface area contributed by atoms with Gasteiger partial charge in [0.05, 0.1) is 0 Å². The van der Waals surface area contributed by atoms with Gasteiger partial charge < -0.3 is 0 Å². The Morgan fingerprint density at radius 2 is 1.74 bits per heavy atom. The molecule has 0 aromatic carbocycles. The third kappa shape index (κ3) is 2.70. The monoisotopic (exact) mass is 424 g/mol. The highest BCUT2D eigenvalue weighted by Gasteiger charge is 2.81. The number of carbonyl (C=O) groups is 1. The van der Waals surface area contributed by atoms with E-state index >= 15 is 0 Å². The van der Waals surface area contributed by atoms with Crippen molar-refractivity contribution in [2.75, 3.05) is 0 Å². The molecular formula is C30H48O. The molecule has 0 aliphatic heterocycles. The summed E-state index contributed by atoms with van der Waals surface area (Å²) >= 11 is 0. The molecule has 0 aromatic heterocycles. The minimum absolute atomic E-state index is 0.334. The van der Waals surface area contributed by atoms with Crippen LogP contribution in [-0.2, 0) is 4.79 Å². The van der Waals surface area contributed by atoms with Crippen LogP contribution in [0.15, 0.2) is 12.2 Å². The SMILES string of the molecule is C=C(CC[C@@H](C)[C@H]1CC[C@@]2(C)[C@@H]3CC[C@H]4C(C)C(=O)CC[C@@]45C[C@@]35CC[C@]12C)C(C)C. The number of ketones is 1. The summed E-state index contributed by atoms with van der Waals surface area (Å²) in [5, 5.41) is 0. The van der Waals surface area contributed by atoms with Crippen molar-refractivity contribution in [1.82, 2.24) is 0 Å². The number of Topliss-reactive ketones (excluding diaryl/α,β-unsaturated/α-hetero) is 1. The summed E-state index contributed by atoms with van der Waals surface area (Å²) in [5.41, 5.74) is 3.61. The van der Waals surface area contributed by atoms with Crippen molar-refractivity contribution in [3.63, 3.8) is 0 Å². The molecule has 5 aliphatic rings. The number of fused-ring (bicyclic) bond motifs is 2. The van der Waals surface area contributed by atoms with Crippen LogP contribution in [0.2, 0.25) is 0 Å². The van der Waals surface area contributed by atoms with E-state index in [1.54, 1.807) is 0 Å². The largest absolute Gasteiger partial charge is 0.299 e. The minimum Gasteiger partial charge on any atom is -0.299 e. The molecule has 1 nitrogen and oxygen atoms in total. The van der Waals surface area contributed by atoms with Crippen molar-refractivity contribution in [2.45, 2.75) is 112 Å². The molecule has 9 atom stereocenters. The molecule has 5 fully saturated rings. The molecule has 0 saturated heterocycles. The standard InChI is InChI=1S/C30H48O/c1-19(2)20(3)8-9-21(4)23-12-14-28(7)26-11-10-24-22(5)25(31)13-15-29(24)18-30(26,29)17-16-27(23,28)6/h19,21-24,26H,3,8-18H2,1-2,4-7H3/t21-,22?,23-,24+,26+,27-,28+,29-,30+/m1/s1. The zero-order chi connectivity index (χ0) is 22.4. The summed E-state index contributed by atoms with van der Waals surface area (Å²) in [4.78, 5) is 12.5. The van der Waals surface area contributed by atoms with Gasteiger partial charge in [-0.2, -0.15) is 0 Å². The fourth-order valence-corrected chi connectivity index (χ4v) is 10.7. The Balaban J connectivity index is 1.38. The predicted octanol–water partition coefficient (Wildman–Crippen LogP) is 8.23. The fourth-order valence-electron chi connectivity index (χ4n) is 10.7. The Labute approximate surface area is 192 Å². The first-order chi connectivity index (χ1) is 14.5. The van der Waals surface area contributed by atoms with E-state index in [9.17, 15) is 4.79 Å². The lowest BCUT2D eigenvalue weighted by Gasteiger charge is -2.61. The lowest BCUT2D eigenvalue weighted by molar-refractivity contribution is -0.146. The van der Waals surface area contributed by atoms with E-state index in [4.69, 9.17) is 0 Å². The molecule has 1 heteroatoms. The second kappa shape index (κ2) is 6.96. The molecule has 0 heterocycles. The third-order valence-electron chi connectivity index (χ3n) is 13.0. The normalized spacial score (nSPS) is 51.5. The maximum atomic E-state index is 12.5. The van der Waals surface area contributed by atoms with Gasteiger partial charge in [0.2, 0.25) is 0 Å². The minimum atomic E-state index is 0.334. The van der Waals surface area contributed by atoms with Crippen molar-refractivity contribution in [3.8, 4) is 0 Å². The van der Waals surface area contributed by atoms with Crippen LogP contribution in [0.1, 0.15) is 112 Å². The van der Waals surface area contributed by atoms with E-state index in [0.717, 1.165) is 24.2 Å². The van der Waals surface area contributed by atoms with Crippen molar-refractivity contribution in [2.24, 2.45) is 57.2 Å². The molecule has 2 spiro atoms. The summed E-state index contributed by atoms with van der Waals surface area (Å²) in [6, 6.07) is 0. The smallest absolute Gasteiger partial charge is 0.136 e. The lowest BCUT2D eigenvalue weighted by atomic mass is 9.43. The molecule has 0 N–H and O–H groups in total. The van der Waals surface area contributed by atoms with Gasteiger partial charge in [-0.15, -0.1) is 0 Å². The van der Waals surface area contributed by atoms with Crippen LogP contribution in [0.4, 0.5) is 0 Å². The summed E-state index contributed by atoms with van der Waals surface area (Å²) in [5.74, 6) is 4.84. The van der Waals surface area contributed by atoms with Gasteiger partial charge >= 0.3 is 0 Å². The predicted molar refractivity (Wildman–Crippen MR) is 130 cm³/mol. The summed E-state index contributed by atoms with van der Waals surface area (Å²) in [6.07, 6.45) is 14.6. The van der Waals surface area contributed by atoms with E-state index in [-0.39, 0.29) is 0 Å². The average molecular weight is 425 g/mol. The molecule has 31 heavy (non-hydrogen) atoms. The molecule has 0 bridgehead atoms. The van der Waals surface area contributed by atoms with Gasteiger partial charge in [0.25, 0.3) is 0 Å². The number of allylic oxidation sites excluding steroid dienone is 1. The van der Waals surface area contributed by atoms with Crippen LogP contribution in [-0.4, -0.2) is 5.78 Å². The van der Waals surface area contributed by atoms with Crippen molar-refractivity contribution in [3.05, 3.63) is 12.2 Å². The summed E-state index contributed by atoms with van der Waals surface area (Å²) in [7, 11) is 0. The highest BCUT2D eigenvalue weighted by Crippen LogP contribution is 2.88. The van der Waals surface area contributed by atoms with Gasteiger partial charge in [-0.25, -0.2) is 0 Å². The molecular weight excluding hydrogens is 376 g/mol. The first-order valence-corrected chi connectivity index (χ1v) is 13.7. The third-order valence-corrected chi connectivity index (χ3v) is 13.0. The van der Waals surface area contributed by atoms with E-state index < -0.39 is 0 Å². The van der Waals surface area contributed by atoms with Crippen LogP contribution >= 0.6 is 0 Å². The van der Waals surface area contributed by atoms with Crippen LogP contribution in [0.5, 0.6) is 0 Å². The first kappa shape index (κ1) is 22.2. The lowest BCUT2D eigenvalue weighted by Crippen LogP contribution is -2.55. The highest BCUT2D eigenvalue weighted by atomic mass is 16.1.